The fraction of sp³-hybridized carbons (Fsp3) is 0.571. The second-order valence-electron chi connectivity index (χ2n) is 4.74. The van der Waals surface area contributed by atoms with E-state index in [1.807, 2.05) is 32.3 Å². The van der Waals surface area contributed by atoms with Crippen molar-refractivity contribution in [2.75, 3.05) is 27.3 Å². The Morgan fingerprint density at radius 2 is 2.11 bits per heavy atom. The van der Waals surface area contributed by atoms with E-state index in [0.29, 0.717) is 6.61 Å². The molecule has 4 heteroatoms. The molecule has 0 spiro atoms. The number of nitrogens with zero attached hydrogens (tertiary/aromatic N) is 1. The van der Waals surface area contributed by atoms with Gasteiger partial charge in [-0.15, -0.1) is 0 Å². The van der Waals surface area contributed by atoms with Gasteiger partial charge in [0.05, 0.1) is 19.3 Å². The van der Waals surface area contributed by atoms with Crippen molar-refractivity contribution in [1.29, 1.82) is 0 Å². The van der Waals surface area contributed by atoms with E-state index in [1.165, 1.54) is 0 Å². The number of aliphatic hydroxyl groups is 1. The molecular weight excluding hydrogens is 228 g/mol. The highest BCUT2D eigenvalue weighted by Crippen LogP contribution is 2.24. The molecule has 0 saturated heterocycles. The average molecular weight is 252 g/mol. The third-order valence-electron chi connectivity index (χ3n) is 2.66. The Morgan fingerprint density at radius 3 is 2.67 bits per heavy atom. The number of aliphatic hydroxyl groups excluding tert-OH is 1. The predicted octanol–water partition coefficient (Wildman–Crippen LogP) is 1.53. The third kappa shape index (κ3) is 4.29. The van der Waals surface area contributed by atoms with Crippen LogP contribution in [0.1, 0.15) is 30.5 Å². The van der Waals surface area contributed by atoms with Gasteiger partial charge < -0.3 is 20.5 Å². The summed E-state index contributed by atoms with van der Waals surface area (Å²) in [7, 11) is 4.03. The van der Waals surface area contributed by atoms with Gasteiger partial charge in [0.15, 0.2) is 0 Å². The summed E-state index contributed by atoms with van der Waals surface area (Å²) in [5.41, 5.74) is 7.89. The second-order valence-corrected chi connectivity index (χ2v) is 4.74. The second kappa shape index (κ2) is 7.36. The van der Waals surface area contributed by atoms with E-state index in [1.54, 1.807) is 0 Å². The Hall–Kier alpha value is -1.10. The van der Waals surface area contributed by atoms with Crippen molar-refractivity contribution in [1.82, 2.24) is 4.90 Å². The smallest absolute Gasteiger partial charge is 0.123 e. The average Bonchev–Trinajstić information content (AvgIpc) is 2.35. The van der Waals surface area contributed by atoms with Crippen LogP contribution in [-0.4, -0.2) is 37.3 Å². The summed E-state index contributed by atoms with van der Waals surface area (Å²) < 4.78 is 5.73. The van der Waals surface area contributed by atoms with Gasteiger partial charge in [-0.05, 0) is 38.2 Å². The topological polar surface area (TPSA) is 58.7 Å². The number of benzene rings is 1. The summed E-state index contributed by atoms with van der Waals surface area (Å²) in [6.07, 6.45) is 0.985. The van der Waals surface area contributed by atoms with Crippen molar-refractivity contribution in [2.24, 2.45) is 5.73 Å². The van der Waals surface area contributed by atoms with Gasteiger partial charge in [0.1, 0.15) is 5.75 Å². The molecule has 0 aromatic heterocycles. The summed E-state index contributed by atoms with van der Waals surface area (Å²) in [6.45, 7) is 3.55. The molecule has 0 radical (unpaired) electrons. The largest absolute Gasteiger partial charge is 0.493 e. The van der Waals surface area contributed by atoms with Crippen LogP contribution in [0.5, 0.6) is 5.75 Å². The molecule has 0 aliphatic heterocycles. The highest BCUT2D eigenvalue weighted by molar-refractivity contribution is 5.38. The lowest BCUT2D eigenvalue weighted by Gasteiger charge is -2.17. The number of rotatable bonds is 7. The Bertz CT molecular complexity index is 367. The SMILES string of the molecule is CCCOc1ccc([C@@H](N)CO)cc1CN(C)C. The molecule has 4 nitrogen and oxygen atoms in total. The summed E-state index contributed by atoms with van der Waals surface area (Å²) in [5, 5.41) is 9.11. The van der Waals surface area contributed by atoms with Crippen molar-refractivity contribution >= 4 is 0 Å². The molecule has 0 aliphatic carbocycles. The van der Waals surface area contributed by atoms with Crippen molar-refractivity contribution in [3.8, 4) is 5.75 Å². The Kier molecular flexibility index (Phi) is 6.12. The van der Waals surface area contributed by atoms with Crippen LogP contribution in [0.3, 0.4) is 0 Å². The summed E-state index contributed by atoms with van der Waals surface area (Å²) >= 11 is 0. The zero-order valence-electron chi connectivity index (χ0n) is 11.5. The summed E-state index contributed by atoms with van der Waals surface area (Å²) in [6, 6.07) is 5.56. The minimum absolute atomic E-state index is 0.0451. The van der Waals surface area contributed by atoms with Gasteiger partial charge in [0.2, 0.25) is 0 Å². The van der Waals surface area contributed by atoms with Crippen LogP contribution in [-0.2, 0) is 6.54 Å². The monoisotopic (exact) mass is 252 g/mol. The van der Waals surface area contributed by atoms with E-state index in [-0.39, 0.29) is 12.6 Å². The minimum Gasteiger partial charge on any atom is -0.493 e. The molecule has 3 N–H and O–H groups in total. The van der Waals surface area contributed by atoms with Crippen LogP contribution in [0.4, 0.5) is 0 Å². The molecule has 0 amide bonds. The highest BCUT2D eigenvalue weighted by Gasteiger charge is 2.10. The van der Waals surface area contributed by atoms with Gasteiger partial charge >= 0.3 is 0 Å². The molecule has 0 aliphatic rings. The van der Waals surface area contributed by atoms with Gasteiger partial charge in [-0.3, -0.25) is 0 Å². The predicted molar refractivity (Wildman–Crippen MR) is 73.6 cm³/mol. The van der Waals surface area contributed by atoms with E-state index in [9.17, 15) is 0 Å². The number of nitrogens with two attached hydrogens (primary N) is 1. The third-order valence-corrected chi connectivity index (χ3v) is 2.66. The number of hydrogen-bond donors (Lipinski definition) is 2. The van der Waals surface area contributed by atoms with Gasteiger partial charge in [-0.25, -0.2) is 0 Å². The standard InChI is InChI=1S/C14H24N2O2/c1-4-7-18-14-6-5-11(13(15)10-17)8-12(14)9-16(2)3/h5-6,8,13,17H,4,7,9-10,15H2,1-3H3/t13-/m0/s1. The molecule has 1 aromatic carbocycles. The molecule has 0 unspecified atom stereocenters. The van der Waals surface area contributed by atoms with Gasteiger partial charge in [-0.1, -0.05) is 13.0 Å². The fourth-order valence-electron chi connectivity index (χ4n) is 1.75. The normalized spacial score (nSPS) is 12.8. The first-order chi connectivity index (χ1) is 8.58. The lowest BCUT2D eigenvalue weighted by atomic mass is 10.0. The molecule has 0 saturated carbocycles. The van der Waals surface area contributed by atoms with Gasteiger partial charge in [0.25, 0.3) is 0 Å². The molecule has 1 atom stereocenters. The van der Waals surface area contributed by atoms with Crippen molar-refractivity contribution in [3.63, 3.8) is 0 Å². The van der Waals surface area contributed by atoms with Crippen LogP contribution in [0.25, 0.3) is 0 Å². The van der Waals surface area contributed by atoms with E-state index < -0.39 is 0 Å². The number of hydrogen-bond acceptors (Lipinski definition) is 4. The van der Waals surface area contributed by atoms with Crippen LogP contribution in [0.2, 0.25) is 0 Å². The molecule has 1 rings (SSSR count). The van der Waals surface area contributed by atoms with Crippen LogP contribution < -0.4 is 10.5 Å². The maximum Gasteiger partial charge on any atom is 0.123 e. The highest BCUT2D eigenvalue weighted by atomic mass is 16.5. The maximum absolute atomic E-state index is 9.11. The quantitative estimate of drug-likeness (QED) is 0.772. The zero-order valence-corrected chi connectivity index (χ0v) is 11.5. The maximum atomic E-state index is 9.11. The minimum atomic E-state index is -0.328. The first-order valence-electron chi connectivity index (χ1n) is 6.35. The first kappa shape index (κ1) is 15.0. The Labute approximate surface area is 109 Å². The molecule has 1 aromatic rings. The van der Waals surface area contributed by atoms with E-state index >= 15 is 0 Å². The van der Waals surface area contributed by atoms with Gasteiger partial charge in [0, 0.05) is 12.1 Å². The molecule has 18 heavy (non-hydrogen) atoms. The van der Waals surface area contributed by atoms with E-state index in [0.717, 1.165) is 29.8 Å². The van der Waals surface area contributed by atoms with Crippen LogP contribution >= 0.6 is 0 Å². The number of ether oxygens (including phenoxy) is 1. The molecule has 0 heterocycles. The van der Waals surface area contributed by atoms with E-state index in [4.69, 9.17) is 15.6 Å². The lowest BCUT2D eigenvalue weighted by Crippen LogP contribution is -2.17. The Balaban J connectivity index is 2.95. The van der Waals surface area contributed by atoms with Crippen LogP contribution in [0, 0.1) is 0 Å². The molecule has 102 valence electrons. The van der Waals surface area contributed by atoms with Gasteiger partial charge in [-0.2, -0.15) is 0 Å². The fourth-order valence-corrected chi connectivity index (χ4v) is 1.75. The van der Waals surface area contributed by atoms with Crippen molar-refractivity contribution in [3.05, 3.63) is 29.3 Å². The summed E-state index contributed by atoms with van der Waals surface area (Å²) in [4.78, 5) is 2.09. The molecule has 0 bridgehead atoms. The van der Waals surface area contributed by atoms with Crippen molar-refractivity contribution in [2.45, 2.75) is 25.9 Å². The summed E-state index contributed by atoms with van der Waals surface area (Å²) in [5.74, 6) is 0.902. The molecular formula is C14H24N2O2. The van der Waals surface area contributed by atoms with Crippen LogP contribution in [0.15, 0.2) is 18.2 Å². The lowest BCUT2D eigenvalue weighted by molar-refractivity contribution is 0.267. The Morgan fingerprint density at radius 1 is 1.39 bits per heavy atom. The zero-order chi connectivity index (χ0) is 13.5. The molecule has 0 fully saturated rings. The first-order valence-corrected chi connectivity index (χ1v) is 6.35. The van der Waals surface area contributed by atoms with Crippen molar-refractivity contribution < 1.29 is 9.84 Å². The van der Waals surface area contributed by atoms with E-state index in [2.05, 4.69) is 11.8 Å².